The van der Waals surface area contributed by atoms with Crippen molar-refractivity contribution in [2.45, 2.75) is 44.4 Å². The van der Waals surface area contributed by atoms with Gasteiger partial charge in [0.2, 0.25) is 0 Å². The van der Waals surface area contributed by atoms with Gasteiger partial charge < -0.3 is 15.2 Å². The van der Waals surface area contributed by atoms with E-state index in [1.807, 2.05) is 12.1 Å². The van der Waals surface area contributed by atoms with Crippen LogP contribution in [0.3, 0.4) is 0 Å². The van der Waals surface area contributed by atoms with Crippen LogP contribution in [0.2, 0.25) is 0 Å². The molecule has 3 heteroatoms. The maximum atomic E-state index is 5.91. The van der Waals surface area contributed by atoms with Crippen LogP contribution in [0.15, 0.2) is 24.3 Å². The molecule has 3 atom stereocenters. The van der Waals surface area contributed by atoms with Crippen molar-refractivity contribution < 1.29 is 9.47 Å². The Bertz CT molecular complexity index is 378. The first kappa shape index (κ1) is 12.4. The van der Waals surface area contributed by atoms with Gasteiger partial charge in [0.1, 0.15) is 18.0 Å². The lowest BCUT2D eigenvalue weighted by Gasteiger charge is -2.41. The Morgan fingerprint density at radius 1 is 1.35 bits per heavy atom. The molecule has 1 aromatic carbocycles. The molecule has 3 unspecified atom stereocenters. The summed E-state index contributed by atoms with van der Waals surface area (Å²) >= 11 is 0. The Balaban J connectivity index is 2.02. The molecule has 1 fully saturated rings. The zero-order valence-corrected chi connectivity index (χ0v) is 10.7. The van der Waals surface area contributed by atoms with E-state index in [0.717, 1.165) is 12.2 Å². The highest BCUT2D eigenvalue weighted by Crippen LogP contribution is 2.28. The average molecular weight is 235 g/mol. The zero-order valence-electron chi connectivity index (χ0n) is 10.7. The van der Waals surface area contributed by atoms with E-state index in [4.69, 9.17) is 15.2 Å². The van der Waals surface area contributed by atoms with E-state index in [2.05, 4.69) is 26.0 Å². The van der Waals surface area contributed by atoms with Crippen molar-refractivity contribution in [3.05, 3.63) is 29.8 Å². The van der Waals surface area contributed by atoms with E-state index in [1.165, 1.54) is 5.56 Å². The number of nitrogens with two attached hydrogens (primary N) is 1. The van der Waals surface area contributed by atoms with Crippen LogP contribution in [0.4, 0.5) is 0 Å². The van der Waals surface area contributed by atoms with E-state index in [0.29, 0.717) is 5.92 Å². The third-order valence-electron chi connectivity index (χ3n) is 3.38. The molecule has 0 aliphatic heterocycles. The van der Waals surface area contributed by atoms with Crippen molar-refractivity contribution in [1.82, 2.24) is 0 Å². The second-order valence-corrected chi connectivity index (χ2v) is 4.98. The van der Waals surface area contributed by atoms with Crippen molar-refractivity contribution in [1.29, 1.82) is 0 Å². The van der Waals surface area contributed by atoms with Gasteiger partial charge in [0.05, 0.1) is 0 Å². The van der Waals surface area contributed by atoms with Crippen molar-refractivity contribution in [2.75, 3.05) is 7.11 Å². The first-order chi connectivity index (χ1) is 8.11. The summed E-state index contributed by atoms with van der Waals surface area (Å²) in [7, 11) is 1.69. The molecule has 2 rings (SSSR count). The minimum Gasteiger partial charge on any atom is -0.488 e. The monoisotopic (exact) mass is 235 g/mol. The summed E-state index contributed by atoms with van der Waals surface area (Å²) in [6, 6.07) is 8.35. The number of hydrogen-bond donors (Lipinski definition) is 1. The van der Waals surface area contributed by atoms with Gasteiger partial charge in [-0.1, -0.05) is 26.0 Å². The fourth-order valence-corrected chi connectivity index (χ4v) is 2.18. The van der Waals surface area contributed by atoms with Crippen molar-refractivity contribution in [2.24, 2.45) is 5.73 Å². The normalized spacial score (nSPS) is 27.9. The van der Waals surface area contributed by atoms with Gasteiger partial charge >= 0.3 is 0 Å². The van der Waals surface area contributed by atoms with E-state index in [-0.39, 0.29) is 18.2 Å². The molecule has 0 heterocycles. The van der Waals surface area contributed by atoms with Gasteiger partial charge in [-0.05, 0) is 23.6 Å². The number of benzene rings is 1. The third-order valence-corrected chi connectivity index (χ3v) is 3.38. The molecule has 3 nitrogen and oxygen atoms in total. The first-order valence-electron chi connectivity index (χ1n) is 6.17. The molecule has 1 aromatic rings. The zero-order chi connectivity index (χ0) is 12.4. The fraction of sp³-hybridized carbons (Fsp3) is 0.571. The van der Waals surface area contributed by atoms with Crippen molar-refractivity contribution in [3.63, 3.8) is 0 Å². The molecule has 1 saturated carbocycles. The Labute approximate surface area is 103 Å². The molecule has 94 valence electrons. The lowest BCUT2D eigenvalue weighted by molar-refractivity contribution is -0.0782. The molecule has 0 spiro atoms. The quantitative estimate of drug-likeness (QED) is 0.871. The summed E-state index contributed by atoms with van der Waals surface area (Å²) < 4.78 is 11.2. The maximum absolute atomic E-state index is 5.91. The van der Waals surface area contributed by atoms with E-state index < -0.39 is 0 Å². The van der Waals surface area contributed by atoms with E-state index in [9.17, 15) is 0 Å². The van der Waals surface area contributed by atoms with Crippen molar-refractivity contribution in [3.8, 4) is 5.75 Å². The van der Waals surface area contributed by atoms with E-state index >= 15 is 0 Å². The first-order valence-corrected chi connectivity index (χ1v) is 6.17. The summed E-state index contributed by atoms with van der Waals surface area (Å²) in [5.74, 6) is 1.43. The molecule has 1 aliphatic rings. The molecule has 0 amide bonds. The molecule has 17 heavy (non-hydrogen) atoms. The second-order valence-electron chi connectivity index (χ2n) is 4.98. The second kappa shape index (κ2) is 5.07. The summed E-state index contributed by atoms with van der Waals surface area (Å²) in [6.45, 7) is 4.35. The smallest absolute Gasteiger partial charge is 0.128 e. The van der Waals surface area contributed by atoms with Gasteiger partial charge in [0.25, 0.3) is 0 Å². The molecule has 0 radical (unpaired) electrons. The highest BCUT2D eigenvalue weighted by Gasteiger charge is 2.40. The van der Waals surface area contributed by atoms with Crippen LogP contribution in [-0.4, -0.2) is 25.4 Å². The summed E-state index contributed by atoms with van der Waals surface area (Å²) in [5, 5.41) is 0. The van der Waals surface area contributed by atoms with Gasteiger partial charge in [-0.25, -0.2) is 0 Å². The summed E-state index contributed by atoms with van der Waals surface area (Å²) in [6.07, 6.45) is 0.986. The van der Waals surface area contributed by atoms with Gasteiger partial charge in [-0.15, -0.1) is 0 Å². The summed E-state index contributed by atoms with van der Waals surface area (Å²) in [4.78, 5) is 0. The molecule has 0 bridgehead atoms. The molecular formula is C14H21NO2. The highest BCUT2D eigenvalue weighted by atomic mass is 16.5. The minimum atomic E-state index is 0.0257. The van der Waals surface area contributed by atoms with Crippen LogP contribution < -0.4 is 10.5 Å². The third kappa shape index (κ3) is 2.61. The lowest BCUT2D eigenvalue weighted by Crippen LogP contribution is -2.59. The van der Waals surface area contributed by atoms with Gasteiger partial charge in [0, 0.05) is 19.6 Å². The van der Waals surface area contributed by atoms with Crippen LogP contribution in [0.1, 0.15) is 31.7 Å². The van der Waals surface area contributed by atoms with Crippen LogP contribution in [0.5, 0.6) is 5.75 Å². The average Bonchev–Trinajstić information content (AvgIpc) is 2.29. The van der Waals surface area contributed by atoms with Gasteiger partial charge in [-0.3, -0.25) is 0 Å². The molecule has 0 aromatic heterocycles. The number of hydrogen-bond acceptors (Lipinski definition) is 3. The van der Waals surface area contributed by atoms with Crippen LogP contribution in [0, 0.1) is 0 Å². The van der Waals surface area contributed by atoms with Crippen LogP contribution >= 0.6 is 0 Å². The van der Waals surface area contributed by atoms with Crippen LogP contribution in [-0.2, 0) is 4.74 Å². The minimum absolute atomic E-state index is 0.0257. The lowest BCUT2D eigenvalue weighted by atomic mass is 9.86. The summed E-state index contributed by atoms with van der Waals surface area (Å²) in [5.41, 5.74) is 7.14. The fourth-order valence-electron chi connectivity index (χ4n) is 2.18. The largest absolute Gasteiger partial charge is 0.488 e. The SMILES string of the molecule is COC1C(N)CC1Oc1cccc(C(C)C)c1. The molecule has 2 N–H and O–H groups in total. The molecular weight excluding hydrogens is 214 g/mol. The number of rotatable bonds is 4. The van der Waals surface area contributed by atoms with Crippen LogP contribution in [0.25, 0.3) is 0 Å². The predicted molar refractivity (Wildman–Crippen MR) is 68.3 cm³/mol. The topological polar surface area (TPSA) is 44.5 Å². The van der Waals surface area contributed by atoms with Gasteiger partial charge in [0.15, 0.2) is 0 Å². The Kier molecular flexibility index (Phi) is 3.69. The maximum Gasteiger partial charge on any atom is 0.128 e. The van der Waals surface area contributed by atoms with Gasteiger partial charge in [-0.2, -0.15) is 0 Å². The highest BCUT2D eigenvalue weighted by molar-refractivity contribution is 5.30. The Morgan fingerprint density at radius 2 is 2.12 bits per heavy atom. The van der Waals surface area contributed by atoms with Crippen molar-refractivity contribution >= 4 is 0 Å². The molecule has 1 aliphatic carbocycles. The Morgan fingerprint density at radius 3 is 2.71 bits per heavy atom. The van der Waals surface area contributed by atoms with E-state index in [1.54, 1.807) is 7.11 Å². The molecule has 0 saturated heterocycles. The number of methoxy groups -OCH3 is 1. The standard InChI is InChI=1S/C14H21NO2/c1-9(2)10-5-4-6-11(7-10)17-13-8-12(15)14(13)16-3/h4-7,9,12-14H,8,15H2,1-3H3. The number of ether oxygens (including phenoxy) is 2. The Hall–Kier alpha value is -1.06. The predicted octanol–water partition coefficient (Wildman–Crippen LogP) is 2.30.